The van der Waals surface area contributed by atoms with E-state index >= 15 is 0 Å². The molecule has 100 valence electrons. The zero-order valence-electron chi connectivity index (χ0n) is 11.2. The SMILES string of the molecule is CCCC[N+](CC=CCl)(CC=CCl)CCCC. The van der Waals surface area contributed by atoms with Crippen molar-refractivity contribution in [3.8, 4) is 0 Å². The molecule has 0 heterocycles. The summed E-state index contributed by atoms with van der Waals surface area (Å²) in [7, 11) is 0. The first-order valence-electron chi connectivity index (χ1n) is 6.60. The van der Waals surface area contributed by atoms with Gasteiger partial charge in [0.1, 0.15) is 0 Å². The molecule has 0 radical (unpaired) electrons. The molecule has 17 heavy (non-hydrogen) atoms. The summed E-state index contributed by atoms with van der Waals surface area (Å²) >= 11 is 11.4. The van der Waals surface area contributed by atoms with E-state index in [1.807, 2.05) is 0 Å². The fourth-order valence-electron chi connectivity index (χ4n) is 2.07. The van der Waals surface area contributed by atoms with Crippen molar-refractivity contribution in [3.05, 3.63) is 23.2 Å². The van der Waals surface area contributed by atoms with Crippen molar-refractivity contribution in [3.63, 3.8) is 0 Å². The van der Waals surface area contributed by atoms with Crippen LogP contribution in [-0.4, -0.2) is 30.7 Å². The van der Waals surface area contributed by atoms with E-state index < -0.39 is 0 Å². The molecule has 0 spiro atoms. The summed E-state index contributed by atoms with van der Waals surface area (Å²) in [4.78, 5) is 0. The summed E-state index contributed by atoms with van der Waals surface area (Å²) < 4.78 is 1.08. The number of unbranched alkanes of at least 4 members (excludes halogenated alkanes) is 2. The van der Waals surface area contributed by atoms with Crippen molar-refractivity contribution < 1.29 is 4.48 Å². The third kappa shape index (κ3) is 7.86. The van der Waals surface area contributed by atoms with E-state index in [1.54, 1.807) is 11.1 Å². The summed E-state index contributed by atoms with van der Waals surface area (Å²) in [6, 6.07) is 0. The third-order valence-corrected chi connectivity index (χ3v) is 3.49. The van der Waals surface area contributed by atoms with Crippen LogP contribution in [0.3, 0.4) is 0 Å². The molecule has 0 saturated carbocycles. The minimum absolute atomic E-state index is 1.00. The van der Waals surface area contributed by atoms with Gasteiger partial charge in [-0.3, -0.25) is 0 Å². The van der Waals surface area contributed by atoms with Gasteiger partial charge in [-0.1, -0.05) is 49.9 Å². The molecule has 3 heteroatoms. The topological polar surface area (TPSA) is 0 Å². The van der Waals surface area contributed by atoms with Crippen LogP contribution in [0.4, 0.5) is 0 Å². The lowest BCUT2D eigenvalue weighted by Gasteiger charge is -2.37. The summed E-state index contributed by atoms with van der Waals surface area (Å²) in [6.07, 6.45) is 9.12. The van der Waals surface area contributed by atoms with Gasteiger partial charge >= 0.3 is 0 Å². The normalized spacial score (nSPS) is 12.9. The number of halogens is 2. The highest BCUT2D eigenvalue weighted by molar-refractivity contribution is 6.25. The second kappa shape index (κ2) is 11.1. The Morgan fingerprint density at radius 3 is 1.53 bits per heavy atom. The zero-order valence-corrected chi connectivity index (χ0v) is 12.7. The monoisotopic (exact) mass is 278 g/mol. The van der Waals surface area contributed by atoms with Gasteiger partial charge in [-0.25, -0.2) is 0 Å². The van der Waals surface area contributed by atoms with Gasteiger partial charge in [0.2, 0.25) is 0 Å². The fourth-order valence-corrected chi connectivity index (χ4v) is 2.22. The van der Waals surface area contributed by atoms with Crippen LogP contribution in [0, 0.1) is 0 Å². The lowest BCUT2D eigenvalue weighted by molar-refractivity contribution is -0.917. The Morgan fingerprint density at radius 2 is 1.24 bits per heavy atom. The summed E-state index contributed by atoms with van der Waals surface area (Å²) in [5.41, 5.74) is 3.27. The number of hydrogen-bond donors (Lipinski definition) is 0. The Kier molecular flexibility index (Phi) is 11.1. The lowest BCUT2D eigenvalue weighted by atomic mass is 10.2. The van der Waals surface area contributed by atoms with Crippen molar-refractivity contribution in [2.75, 3.05) is 26.2 Å². The minimum Gasteiger partial charge on any atom is -0.317 e. The van der Waals surface area contributed by atoms with E-state index in [4.69, 9.17) is 23.2 Å². The van der Waals surface area contributed by atoms with Gasteiger partial charge in [0.15, 0.2) is 0 Å². The van der Waals surface area contributed by atoms with Crippen molar-refractivity contribution in [2.45, 2.75) is 39.5 Å². The lowest BCUT2D eigenvalue weighted by Crippen LogP contribution is -2.49. The Balaban J connectivity index is 4.62. The van der Waals surface area contributed by atoms with E-state index in [9.17, 15) is 0 Å². The zero-order chi connectivity index (χ0) is 13.0. The molecule has 0 fully saturated rings. The molecule has 1 nitrogen and oxygen atoms in total. The molecule has 0 aliphatic heterocycles. The molecule has 0 saturated heterocycles. The molecular formula is C14H26Cl2N+. The number of quaternary nitrogens is 1. The number of hydrogen-bond acceptors (Lipinski definition) is 0. The minimum atomic E-state index is 1.00. The molecule has 0 amide bonds. The van der Waals surface area contributed by atoms with Crippen molar-refractivity contribution in [2.24, 2.45) is 0 Å². The first kappa shape index (κ1) is 17.0. The van der Waals surface area contributed by atoms with Crippen molar-refractivity contribution in [1.82, 2.24) is 0 Å². The van der Waals surface area contributed by atoms with Crippen molar-refractivity contribution in [1.29, 1.82) is 0 Å². The van der Waals surface area contributed by atoms with Gasteiger partial charge in [0.05, 0.1) is 26.2 Å². The smallest absolute Gasteiger partial charge is 0.0987 e. The van der Waals surface area contributed by atoms with Crippen molar-refractivity contribution >= 4 is 23.2 Å². The second-order valence-electron chi connectivity index (χ2n) is 4.58. The quantitative estimate of drug-likeness (QED) is 0.498. The highest BCUT2D eigenvalue weighted by Crippen LogP contribution is 2.13. The van der Waals surface area contributed by atoms with Crippen LogP contribution in [0.2, 0.25) is 0 Å². The second-order valence-corrected chi connectivity index (χ2v) is 5.09. The predicted octanol–water partition coefficient (Wildman–Crippen LogP) is 4.91. The Hall–Kier alpha value is 0.0200. The van der Waals surface area contributed by atoms with Gasteiger partial charge in [0.25, 0.3) is 0 Å². The molecule has 0 aromatic carbocycles. The summed E-state index contributed by atoms with van der Waals surface area (Å²) in [6.45, 7) is 8.90. The van der Waals surface area contributed by atoms with E-state index in [0.717, 1.165) is 17.6 Å². The van der Waals surface area contributed by atoms with Crippen LogP contribution in [0.5, 0.6) is 0 Å². The molecule has 0 N–H and O–H groups in total. The summed E-state index contributed by atoms with van der Waals surface area (Å²) in [5.74, 6) is 0. The van der Waals surface area contributed by atoms with Crippen LogP contribution in [-0.2, 0) is 0 Å². The summed E-state index contributed by atoms with van der Waals surface area (Å²) in [5, 5.41) is 0. The van der Waals surface area contributed by atoms with E-state index in [1.165, 1.54) is 38.8 Å². The van der Waals surface area contributed by atoms with Gasteiger partial charge in [-0.2, -0.15) is 0 Å². The predicted molar refractivity (Wildman–Crippen MR) is 79.5 cm³/mol. The van der Waals surface area contributed by atoms with Crippen LogP contribution in [0.1, 0.15) is 39.5 Å². The maximum absolute atomic E-state index is 5.68. The van der Waals surface area contributed by atoms with Gasteiger partial charge in [-0.05, 0) is 25.0 Å². The average molecular weight is 279 g/mol. The van der Waals surface area contributed by atoms with Gasteiger partial charge in [-0.15, -0.1) is 0 Å². The Bertz CT molecular complexity index is 200. The molecule has 0 aromatic heterocycles. The molecule has 0 aliphatic rings. The van der Waals surface area contributed by atoms with Gasteiger partial charge < -0.3 is 4.48 Å². The molecular weight excluding hydrogens is 253 g/mol. The van der Waals surface area contributed by atoms with E-state index in [2.05, 4.69) is 26.0 Å². The van der Waals surface area contributed by atoms with Crippen LogP contribution >= 0.6 is 23.2 Å². The Morgan fingerprint density at radius 1 is 0.824 bits per heavy atom. The first-order valence-corrected chi connectivity index (χ1v) is 7.47. The van der Waals surface area contributed by atoms with Gasteiger partial charge in [0, 0.05) is 11.1 Å². The average Bonchev–Trinajstić information content (AvgIpc) is 2.37. The highest BCUT2D eigenvalue weighted by atomic mass is 35.5. The fraction of sp³-hybridized carbons (Fsp3) is 0.714. The largest absolute Gasteiger partial charge is 0.317 e. The molecule has 0 aromatic rings. The van der Waals surface area contributed by atoms with Crippen LogP contribution < -0.4 is 0 Å². The number of nitrogens with zero attached hydrogens (tertiary/aromatic N) is 1. The van der Waals surface area contributed by atoms with E-state index in [0.29, 0.717) is 0 Å². The molecule has 0 bridgehead atoms. The third-order valence-electron chi connectivity index (χ3n) is 3.14. The van der Waals surface area contributed by atoms with Crippen LogP contribution in [0.15, 0.2) is 23.2 Å². The van der Waals surface area contributed by atoms with E-state index in [-0.39, 0.29) is 0 Å². The molecule has 0 rings (SSSR count). The Labute approximate surface area is 117 Å². The van der Waals surface area contributed by atoms with Crippen LogP contribution in [0.25, 0.3) is 0 Å². The first-order chi connectivity index (χ1) is 8.24. The standard InChI is InChI=1S/C14H26Cl2N/c1-3-5-11-17(12-6-4-2,13-7-9-15)14-8-10-16/h7-10H,3-6,11-14H2,1-2H3/q+1. The molecule has 0 atom stereocenters. The highest BCUT2D eigenvalue weighted by Gasteiger charge is 2.23. The maximum Gasteiger partial charge on any atom is 0.0987 e. The maximum atomic E-state index is 5.68. The molecule has 0 aliphatic carbocycles. The number of rotatable bonds is 10. The molecule has 0 unspecified atom stereocenters.